The first-order valence-corrected chi connectivity index (χ1v) is 14.4. The van der Waals surface area contributed by atoms with Crippen molar-refractivity contribution in [1.29, 1.82) is 0 Å². The molecule has 40 heavy (non-hydrogen) atoms. The molecular formula is C34H32N2O3S. The highest BCUT2D eigenvalue weighted by molar-refractivity contribution is 7.99. The number of carbonyl (C=O) groups is 2. The minimum atomic E-state index is -0.155. The van der Waals surface area contributed by atoms with Gasteiger partial charge in [-0.3, -0.25) is 9.59 Å². The van der Waals surface area contributed by atoms with Crippen LogP contribution in [0, 0.1) is 13.8 Å². The molecule has 4 aromatic carbocycles. The molecule has 1 aromatic heterocycles. The number of fused-ring (bicyclic) bond motifs is 3. The van der Waals surface area contributed by atoms with Crippen molar-refractivity contribution in [1.82, 2.24) is 4.57 Å². The number of aryl methyl sites for hydroxylation is 3. The Morgan fingerprint density at radius 2 is 1.50 bits per heavy atom. The van der Waals surface area contributed by atoms with Crippen LogP contribution in [0.1, 0.15) is 50.8 Å². The van der Waals surface area contributed by atoms with E-state index in [1.54, 1.807) is 11.8 Å². The van der Waals surface area contributed by atoms with E-state index in [1.165, 1.54) is 12.7 Å². The Labute approximate surface area is 238 Å². The molecule has 6 heteroatoms. The van der Waals surface area contributed by atoms with Crippen LogP contribution in [0.25, 0.3) is 21.8 Å². The summed E-state index contributed by atoms with van der Waals surface area (Å²) < 4.78 is 2.21. The lowest BCUT2D eigenvalue weighted by Crippen LogP contribution is -2.16. The number of nitrogens with zero attached hydrogens (tertiary/aromatic N) is 2. The van der Waals surface area contributed by atoms with E-state index in [0.717, 1.165) is 38.8 Å². The molecule has 0 aliphatic heterocycles. The van der Waals surface area contributed by atoms with Crippen LogP contribution < -0.4 is 0 Å². The number of hydrogen-bond acceptors (Lipinski definition) is 5. The van der Waals surface area contributed by atoms with E-state index in [-0.39, 0.29) is 11.6 Å². The number of ketones is 2. The fraction of sp³-hybridized carbons (Fsp3) is 0.206. The van der Waals surface area contributed by atoms with Gasteiger partial charge in [0.05, 0.1) is 0 Å². The summed E-state index contributed by atoms with van der Waals surface area (Å²) in [6.45, 7) is 6.88. The second kappa shape index (κ2) is 11.9. The van der Waals surface area contributed by atoms with E-state index in [2.05, 4.69) is 47.8 Å². The standard InChI is InChI=1S/C34H32N2O3S/c1-5-36-31-16-12-24(33(37)27-9-7-6-8-23(27)3)20-28(31)29-21-25(13-17-32(29)36)34(38)30(35-39-4)18-19-40-26-14-10-22(2)11-15-26/h6-17,20-21H,5,18-19H2,1-4H3/b35-30+. The van der Waals surface area contributed by atoms with Crippen molar-refractivity contribution in [3.8, 4) is 0 Å². The van der Waals surface area contributed by atoms with E-state index in [4.69, 9.17) is 4.84 Å². The number of rotatable bonds is 10. The summed E-state index contributed by atoms with van der Waals surface area (Å²) in [6.07, 6.45) is 0.481. The van der Waals surface area contributed by atoms with Crippen molar-refractivity contribution in [2.24, 2.45) is 5.16 Å². The van der Waals surface area contributed by atoms with Gasteiger partial charge in [-0.15, -0.1) is 11.8 Å². The van der Waals surface area contributed by atoms with Crippen LogP contribution in [0.5, 0.6) is 0 Å². The lowest BCUT2D eigenvalue weighted by molar-refractivity contribution is 0.103. The molecule has 0 aliphatic carbocycles. The summed E-state index contributed by atoms with van der Waals surface area (Å²) in [7, 11) is 1.46. The molecule has 5 nitrogen and oxygen atoms in total. The van der Waals surface area contributed by atoms with Gasteiger partial charge in [0.1, 0.15) is 12.8 Å². The Balaban J connectivity index is 1.48. The smallest absolute Gasteiger partial charge is 0.210 e. The summed E-state index contributed by atoms with van der Waals surface area (Å²) in [5.74, 6) is 0.543. The van der Waals surface area contributed by atoms with Crippen molar-refractivity contribution < 1.29 is 14.4 Å². The molecule has 0 unspecified atom stereocenters. The molecule has 0 fully saturated rings. The Morgan fingerprint density at radius 1 is 0.850 bits per heavy atom. The molecular weight excluding hydrogens is 516 g/mol. The maximum atomic E-state index is 13.6. The molecule has 202 valence electrons. The number of Topliss-reactive ketones (excluding diaryl/α,β-unsaturated/α-hetero) is 1. The van der Waals surface area contributed by atoms with Crippen LogP contribution in [0.2, 0.25) is 0 Å². The molecule has 0 saturated carbocycles. The highest BCUT2D eigenvalue weighted by Crippen LogP contribution is 2.32. The van der Waals surface area contributed by atoms with Gasteiger partial charge in [-0.05, 0) is 74.9 Å². The fourth-order valence-electron chi connectivity index (χ4n) is 5.09. The van der Waals surface area contributed by atoms with Gasteiger partial charge in [0.2, 0.25) is 5.78 Å². The predicted octanol–water partition coefficient (Wildman–Crippen LogP) is 8.03. The van der Waals surface area contributed by atoms with Gasteiger partial charge in [0, 0.05) is 62.1 Å². The lowest BCUT2D eigenvalue weighted by atomic mass is 9.97. The number of carbonyl (C=O) groups excluding carboxylic acids is 2. The summed E-state index contributed by atoms with van der Waals surface area (Å²) in [6, 6.07) is 27.6. The third-order valence-electron chi connectivity index (χ3n) is 7.19. The van der Waals surface area contributed by atoms with Crippen LogP contribution in [-0.4, -0.2) is 34.7 Å². The van der Waals surface area contributed by atoms with Gasteiger partial charge in [-0.1, -0.05) is 47.1 Å². The van der Waals surface area contributed by atoms with Crippen LogP contribution in [0.4, 0.5) is 0 Å². The van der Waals surface area contributed by atoms with Gasteiger partial charge >= 0.3 is 0 Å². The second-order valence-electron chi connectivity index (χ2n) is 9.81. The third-order valence-corrected chi connectivity index (χ3v) is 8.20. The largest absolute Gasteiger partial charge is 0.399 e. The van der Waals surface area contributed by atoms with Crippen LogP contribution in [0.15, 0.2) is 95.0 Å². The minimum Gasteiger partial charge on any atom is -0.399 e. The number of hydrogen-bond donors (Lipinski definition) is 0. The minimum absolute atomic E-state index is 0.00906. The van der Waals surface area contributed by atoms with Gasteiger partial charge in [0.25, 0.3) is 0 Å². The van der Waals surface area contributed by atoms with Crippen molar-refractivity contribution in [2.45, 2.75) is 38.6 Å². The number of aromatic nitrogens is 1. The van der Waals surface area contributed by atoms with Crippen molar-refractivity contribution in [3.05, 3.63) is 113 Å². The normalized spacial score (nSPS) is 11.8. The van der Waals surface area contributed by atoms with E-state index in [0.29, 0.717) is 34.6 Å². The number of oxime groups is 1. The summed E-state index contributed by atoms with van der Waals surface area (Å²) >= 11 is 1.69. The van der Waals surface area contributed by atoms with E-state index in [1.807, 2.05) is 67.6 Å². The predicted molar refractivity (Wildman–Crippen MR) is 165 cm³/mol. The topological polar surface area (TPSA) is 60.7 Å². The Morgan fingerprint density at radius 3 is 2.15 bits per heavy atom. The first-order valence-electron chi connectivity index (χ1n) is 13.4. The SMILES string of the molecule is CCn1c2ccc(C(=O)/C(CCSc3ccc(C)cc3)=N/OC)cc2c2cc(C(=O)c3ccccc3C)ccc21. The van der Waals surface area contributed by atoms with Crippen LogP contribution in [-0.2, 0) is 11.4 Å². The summed E-state index contributed by atoms with van der Waals surface area (Å²) in [5, 5.41) is 5.98. The molecule has 5 rings (SSSR count). The third kappa shape index (κ3) is 5.45. The average molecular weight is 549 g/mol. The van der Waals surface area contributed by atoms with Gasteiger partial charge in [-0.2, -0.15) is 0 Å². The molecule has 0 amide bonds. The quantitative estimate of drug-likeness (QED) is 0.0767. The summed E-state index contributed by atoms with van der Waals surface area (Å²) in [4.78, 5) is 33.2. The zero-order chi connectivity index (χ0) is 28.2. The molecule has 0 spiro atoms. The second-order valence-corrected chi connectivity index (χ2v) is 11.0. The van der Waals surface area contributed by atoms with Gasteiger partial charge < -0.3 is 9.40 Å². The van der Waals surface area contributed by atoms with Crippen LogP contribution in [0.3, 0.4) is 0 Å². The van der Waals surface area contributed by atoms with E-state index >= 15 is 0 Å². The molecule has 0 saturated heterocycles. The zero-order valence-electron chi connectivity index (χ0n) is 23.2. The molecule has 0 radical (unpaired) electrons. The van der Waals surface area contributed by atoms with Gasteiger partial charge in [-0.25, -0.2) is 0 Å². The maximum absolute atomic E-state index is 13.6. The highest BCUT2D eigenvalue weighted by Gasteiger charge is 2.19. The maximum Gasteiger partial charge on any atom is 0.210 e. The van der Waals surface area contributed by atoms with Crippen molar-refractivity contribution in [3.63, 3.8) is 0 Å². The molecule has 0 N–H and O–H groups in total. The monoisotopic (exact) mass is 548 g/mol. The Hall–Kier alpha value is -4.16. The highest BCUT2D eigenvalue weighted by atomic mass is 32.2. The molecule has 0 atom stereocenters. The fourth-order valence-corrected chi connectivity index (χ4v) is 5.95. The van der Waals surface area contributed by atoms with E-state index < -0.39 is 0 Å². The number of benzene rings is 4. The first kappa shape index (κ1) is 27.4. The molecule has 0 aliphatic rings. The van der Waals surface area contributed by atoms with Crippen LogP contribution >= 0.6 is 11.8 Å². The van der Waals surface area contributed by atoms with Crippen molar-refractivity contribution >= 4 is 50.8 Å². The number of thioether (sulfide) groups is 1. The van der Waals surface area contributed by atoms with Crippen molar-refractivity contribution in [2.75, 3.05) is 12.9 Å². The van der Waals surface area contributed by atoms with Gasteiger partial charge in [0.15, 0.2) is 5.78 Å². The van der Waals surface area contributed by atoms with E-state index in [9.17, 15) is 9.59 Å². The lowest BCUT2D eigenvalue weighted by Gasteiger charge is -2.07. The summed E-state index contributed by atoms with van der Waals surface area (Å²) in [5.41, 5.74) is 6.47. The average Bonchev–Trinajstić information content (AvgIpc) is 3.29. The Kier molecular flexibility index (Phi) is 8.17. The Bertz CT molecular complexity index is 1750. The molecule has 0 bridgehead atoms. The first-order chi connectivity index (χ1) is 19.4. The molecule has 1 heterocycles. The molecule has 5 aromatic rings. The zero-order valence-corrected chi connectivity index (χ0v) is 24.0.